The molecule has 0 spiro atoms. The number of ether oxygens (including phenoxy) is 1. The third kappa shape index (κ3) is 3.43. The molecule has 0 aliphatic carbocycles. The highest BCUT2D eigenvalue weighted by Gasteiger charge is 2.32. The molecular formula is C12H21N3O3. The molecule has 0 radical (unpaired) electrons. The monoisotopic (exact) mass is 255 g/mol. The van der Waals surface area contributed by atoms with Gasteiger partial charge in [-0.15, -0.1) is 0 Å². The zero-order valence-corrected chi connectivity index (χ0v) is 10.6. The van der Waals surface area contributed by atoms with Crippen LogP contribution in [-0.4, -0.2) is 67.6 Å². The lowest BCUT2D eigenvalue weighted by Crippen LogP contribution is -2.38. The van der Waals surface area contributed by atoms with E-state index >= 15 is 0 Å². The number of carbonyl (C=O) groups is 2. The lowest BCUT2D eigenvalue weighted by atomic mass is 10.1. The average Bonchev–Trinajstić information content (AvgIpc) is 2.73. The number of hydrogen-bond donors (Lipinski definition) is 1. The van der Waals surface area contributed by atoms with Crippen molar-refractivity contribution in [3.8, 4) is 0 Å². The van der Waals surface area contributed by atoms with Gasteiger partial charge in [-0.05, 0) is 6.42 Å². The molecule has 2 fully saturated rings. The maximum Gasteiger partial charge on any atom is 0.223 e. The van der Waals surface area contributed by atoms with Gasteiger partial charge < -0.3 is 15.4 Å². The number of rotatable bonds is 5. The first-order valence-electron chi connectivity index (χ1n) is 6.54. The molecule has 2 amide bonds. The Morgan fingerprint density at radius 1 is 1.33 bits per heavy atom. The van der Waals surface area contributed by atoms with Crippen molar-refractivity contribution in [2.45, 2.75) is 12.8 Å². The number of hydrogen-bond acceptors (Lipinski definition) is 4. The number of likely N-dealkylation sites (tertiary alicyclic amines) is 1. The minimum Gasteiger partial charge on any atom is -0.379 e. The third-order valence-electron chi connectivity index (χ3n) is 3.62. The normalized spacial score (nSPS) is 25.7. The van der Waals surface area contributed by atoms with Gasteiger partial charge in [-0.1, -0.05) is 0 Å². The second-order valence-electron chi connectivity index (χ2n) is 4.95. The Bertz CT molecular complexity index is 316. The number of morpholine rings is 1. The average molecular weight is 255 g/mol. The summed E-state index contributed by atoms with van der Waals surface area (Å²) in [6, 6.07) is 0. The Morgan fingerprint density at radius 2 is 2.06 bits per heavy atom. The second kappa shape index (κ2) is 6.15. The van der Waals surface area contributed by atoms with Crippen LogP contribution in [0.2, 0.25) is 0 Å². The minimum absolute atomic E-state index is 0.0563. The van der Waals surface area contributed by atoms with Crippen molar-refractivity contribution < 1.29 is 14.3 Å². The number of amides is 2. The first-order valence-corrected chi connectivity index (χ1v) is 6.54. The zero-order valence-electron chi connectivity index (χ0n) is 10.6. The van der Waals surface area contributed by atoms with E-state index in [4.69, 9.17) is 10.5 Å². The van der Waals surface area contributed by atoms with E-state index in [-0.39, 0.29) is 24.2 Å². The summed E-state index contributed by atoms with van der Waals surface area (Å²) in [5, 5.41) is 0. The molecule has 0 saturated carbocycles. The Hall–Kier alpha value is -1.14. The van der Waals surface area contributed by atoms with Gasteiger partial charge in [0.1, 0.15) is 0 Å². The molecule has 102 valence electrons. The fourth-order valence-electron chi connectivity index (χ4n) is 2.49. The predicted octanol–water partition coefficient (Wildman–Crippen LogP) is -0.957. The Kier molecular flexibility index (Phi) is 4.54. The minimum atomic E-state index is -0.362. The van der Waals surface area contributed by atoms with Crippen LogP contribution in [0.5, 0.6) is 0 Å². The predicted molar refractivity (Wildman–Crippen MR) is 65.8 cm³/mol. The quantitative estimate of drug-likeness (QED) is 0.686. The molecule has 18 heavy (non-hydrogen) atoms. The number of primary amides is 1. The highest BCUT2D eigenvalue weighted by molar-refractivity contribution is 5.88. The maximum atomic E-state index is 11.7. The van der Waals surface area contributed by atoms with Crippen LogP contribution in [0.1, 0.15) is 12.8 Å². The van der Waals surface area contributed by atoms with E-state index in [0.29, 0.717) is 6.54 Å². The Labute approximate surface area is 107 Å². The van der Waals surface area contributed by atoms with Gasteiger partial charge in [0.15, 0.2) is 0 Å². The van der Waals surface area contributed by atoms with Gasteiger partial charge in [0.25, 0.3) is 0 Å². The zero-order chi connectivity index (χ0) is 13.0. The number of carbonyl (C=O) groups excluding carboxylic acids is 2. The van der Waals surface area contributed by atoms with Crippen LogP contribution in [0, 0.1) is 5.92 Å². The molecule has 6 nitrogen and oxygen atoms in total. The van der Waals surface area contributed by atoms with Crippen molar-refractivity contribution in [2.24, 2.45) is 11.7 Å². The summed E-state index contributed by atoms with van der Waals surface area (Å²) in [4.78, 5) is 26.8. The van der Waals surface area contributed by atoms with Crippen molar-refractivity contribution >= 4 is 11.8 Å². The fourth-order valence-corrected chi connectivity index (χ4v) is 2.49. The lowest BCUT2D eigenvalue weighted by molar-refractivity contribution is -0.128. The van der Waals surface area contributed by atoms with Crippen LogP contribution < -0.4 is 5.73 Å². The first-order chi connectivity index (χ1) is 8.66. The molecule has 1 unspecified atom stereocenters. The van der Waals surface area contributed by atoms with E-state index in [1.54, 1.807) is 4.90 Å². The smallest absolute Gasteiger partial charge is 0.223 e. The molecule has 0 aromatic rings. The topological polar surface area (TPSA) is 75.9 Å². The van der Waals surface area contributed by atoms with Crippen LogP contribution in [-0.2, 0) is 14.3 Å². The van der Waals surface area contributed by atoms with Crippen LogP contribution in [0.4, 0.5) is 0 Å². The molecule has 0 bridgehead atoms. The van der Waals surface area contributed by atoms with Gasteiger partial charge in [-0.3, -0.25) is 14.5 Å². The third-order valence-corrected chi connectivity index (χ3v) is 3.62. The maximum absolute atomic E-state index is 11.7. The van der Waals surface area contributed by atoms with Crippen molar-refractivity contribution in [2.75, 3.05) is 45.9 Å². The molecule has 0 aromatic heterocycles. The molecule has 0 aromatic carbocycles. The van der Waals surface area contributed by atoms with Gasteiger partial charge in [0.05, 0.1) is 19.1 Å². The summed E-state index contributed by atoms with van der Waals surface area (Å²) in [6.45, 7) is 5.74. The molecule has 2 saturated heterocycles. The summed E-state index contributed by atoms with van der Waals surface area (Å²) in [6.07, 6.45) is 1.23. The van der Waals surface area contributed by atoms with Crippen LogP contribution in [0.15, 0.2) is 0 Å². The summed E-state index contributed by atoms with van der Waals surface area (Å²) in [7, 11) is 0. The van der Waals surface area contributed by atoms with E-state index in [9.17, 15) is 9.59 Å². The van der Waals surface area contributed by atoms with Gasteiger partial charge in [0, 0.05) is 39.1 Å². The van der Waals surface area contributed by atoms with Crippen LogP contribution >= 0.6 is 0 Å². The summed E-state index contributed by atoms with van der Waals surface area (Å²) in [5.74, 6) is -0.597. The Balaban J connectivity index is 1.67. The van der Waals surface area contributed by atoms with Crippen LogP contribution in [0.3, 0.4) is 0 Å². The van der Waals surface area contributed by atoms with Crippen LogP contribution in [0.25, 0.3) is 0 Å². The molecule has 2 aliphatic rings. The van der Waals surface area contributed by atoms with E-state index in [0.717, 1.165) is 45.8 Å². The largest absolute Gasteiger partial charge is 0.379 e. The van der Waals surface area contributed by atoms with Crippen molar-refractivity contribution in [3.63, 3.8) is 0 Å². The number of nitrogens with two attached hydrogens (primary N) is 1. The summed E-state index contributed by atoms with van der Waals surface area (Å²) < 4.78 is 5.28. The second-order valence-corrected chi connectivity index (χ2v) is 4.95. The molecule has 2 heterocycles. The van der Waals surface area contributed by atoms with E-state index < -0.39 is 0 Å². The summed E-state index contributed by atoms with van der Waals surface area (Å²) >= 11 is 0. The first kappa shape index (κ1) is 13.3. The van der Waals surface area contributed by atoms with Crippen molar-refractivity contribution in [3.05, 3.63) is 0 Å². The van der Waals surface area contributed by atoms with Gasteiger partial charge >= 0.3 is 0 Å². The standard InChI is InChI=1S/C12H21N3O3/c13-12(17)10-8-11(16)15(9-10)3-1-2-14-4-6-18-7-5-14/h10H,1-9H2,(H2,13,17). The molecular weight excluding hydrogens is 234 g/mol. The SMILES string of the molecule is NC(=O)C1CC(=O)N(CCCN2CCOCC2)C1. The highest BCUT2D eigenvalue weighted by atomic mass is 16.5. The molecule has 2 rings (SSSR count). The molecule has 2 aliphatic heterocycles. The molecule has 1 atom stereocenters. The molecule has 6 heteroatoms. The fraction of sp³-hybridized carbons (Fsp3) is 0.833. The van der Waals surface area contributed by atoms with E-state index in [1.807, 2.05) is 0 Å². The van der Waals surface area contributed by atoms with Crippen molar-refractivity contribution in [1.29, 1.82) is 0 Å². The Morgan fingerprint density at radius 3 is 2.67 bits per heavy atom. The molecule has 2 N–H and O–H groups in total. The number of nitrogens with zero attached hydrogens (tertiary/aromatic N) is 2. The summed E-state index contributed by atoms with van der Waals surface area (Å²) in [5.41, 5.74) is 5.23. The highest BCUT2D eigenvalue weighted by Crippen LogP contribution is 2.17. The van der Waals surface area contributed by atoms with Gasteiger partial charge in [-0.25, -0.2) is 0 Å². The van der Waals surface area contributed by atoms with E-state index in [2.05, 4.69) is 4.90 Å². The van der Waals surface area contributed by atoms with Crippen molar-refractivity contribution in [1.82, 2.24) is 9.80 Å². The van der Waals surface area contributed by atoms with Gasteiger partial charge in [0.2, 0.25) is 11.8 Å². The lowest BCUT2D eigenvalue weighted by Gasteiger charge is -2.27. The van der Waals surface area contributed by atoms with E-state index in [1.165, 1.54) is 0 Å². The van der Waals surface area contributed by atoms with Gasteiger partial charge in [-0.2, -0.15) is 0 Å².